The zero-order chi connectivity index (χ0) is 11.6. The van der Waals surface area contributed by atoms with E-state index in [1.54, 1.807) is 0 Å². The van der Waals surface area contributed by atoms with Gasteiger partial charge in [-0.15, -0.1) is 0 Å². The van der Waals surface area contributed by atoms with Crippen molar-refractivity contribution in [2.24, 2.45) is 0 Å². The Morgan fingerprint density at radius 1 is 1.50 bits per heavy atom. The van der Waals surface area contributed by atoms with Crippen molar-refractivity contribution >= 4 is 5.91 Å². The first-order valence-electron chi connectivity index (χ1n) is 6.23. The summed E-state index contributed by atoms with van der Waals surface area (Å²) in [6, 6.07) is 0.00211. The maximum absolute atomic E-state index is 12.4. The zero-order valence-electron chi connectivity index (χ0n) is 9.95. The van der Waals surface area contributed by atoms with Crippen LogP contribution >= 0.6 is 0 Å². The van der Waals surface area contributed by atoms with Crippen molar-refractivity contribution < 1.29 is 14.6 Å². The van der Waals surface area contributed by atoms with Crippen LogP contribution in [0.1, 0.15) is 39.0 Å². The second-order valence-corrected chi connectivity index (χ2v) is 5.01. The Balaban J connectivity index is 2.07. The molecule has 2 fully saturated rings. The molecule has 16 heavy (non-hydrogen) atoms. The third kappa shape index (κ3) is 2.09. The molecule has 2 aliphatic heterocycles. The van der Waals surface area contributed by atoms with Gasteiger partial charge in [0.2, 0.25) is 0 Å². The van der Waals surface area contributed by atoms with Gasteiger partial charge in [-0.3, -0.25) is 4.79 Å². The predicted octanol–water partition coefficient (Wildman–Crippen LogP) is 0.929. The summed E-state index contributed by atoms with van der Waals surface area (Å²) in [7, 11) is 0. The molecule has 0 bridgehead atoms. The molecule has 0 aromatic heterocycles. The number of likely N-dealkylation sites (tertiary alicyclic amines) is 1. The molecule has 2 aliphatic rings. The van der Waals surface area contributed by atoms with E-state index in [1.807, 2.05) is 11.8 Å². The SMILES string of the molecule is CC1(C(=O)N2CCCCC2CO)CCCO1. The number of nitrogens with zero attached hydrogens (tertiary/aromatic N) is 1. The summed E-state index contributed by atoms with van der Waals surface area (Å²) < 4.78 is 5.58. The summed E-state index contributed by atoms with van der Waals surface area (Å²) in [5.41, 5.74) is -0.634. The molecule has 1 amide bonds. The van der Waals surface area contributed by atoms with Gasteiger partial charge in [-0.1, -0.05) is 0 Å². The van der Waals surface area contributed by atoms with E-state index in [0.717, 1.165) is 38.6 Å². The molecule has 0 aliphatic carbocycles. The Labute approximate surface area is 96.6 Å². The minimum Gasteiger partial charge on any atom is -0.394 e. The molecule has 4 heteroatoms. The lowest BCUT2D eigenvalue weighted by molar-refractivity contribution is -0.155. The minimum atomic E-state index is -0.634. The van der Waals surface area contributed by atoms with Crippen LogP contribution in [0.3, 0.4) is 0 Å². The average Bonchev–Trinajstić information content (AvgIpc) is 2.76. The average molecular weight is 227 g/mol. The molecule has 0 aromatic rings. The number of piperidine rings is 1. The van der Waals surface area contributed by atoms with Crippen molar-refractivity contribution in [1.82, 2.24) is 4.90 Å². The molecule has 0 radical (unpaired) electrons. The highest BCUT2D eigenvalue weighted by molar-refractivity contribution is 5.85. The summed E-state index contributed by atoms with van der Waals surface area (Å²) in [6.45, 7) is 3.40. The third-order valence-electron chi connectivity index (χ3n) is 3.77. The first-order chi connectivity index (χ1) is 7.67. The van der Waals surface area contributed by atoms with Gasteiger partial charge in [-0.2, -0.15) is 0 Å². The Bertz CT molecular complexity index is 261. The van der Waals surface area contributed by atoms with Crippen molar-refractivity contribution in [3.8, 4) is 0 Å². The minimum absolute atomic E-state index is 0.00211. The number of carbonyl (C=O) groups excluding carboxylic acids is 1. The molecule has 0 spiro atoms. The Kier molecular flexibility index (Phi) is 3.50. The number of ether oxygens (including phenoxy) is 1. The normalized spacial score (nSPS) is 35.4. The molecular weight excluding hydrogens is 206 g/mol. The van der Waals surface area contributed by atoms with Gasteiger partial charge in [-0.05, 0) is 39.0 Å². The van der Waals surface area contributed by atoms with Crippen LogP contribution in [0.25, 0.3) is 0 Å². The Hall–Kier alpha value is -0.610. The highest BCUT2D eigenvalue weighted by atomic mass is 16.5. The number of aliphatic hydroxyl groups excluding tert-OH is 1. The van der Waals surface area contributed by atoms with E-state index < -0.39 is 5.60 Å². The van der Waals surface area contributed by atoms with E-state index in [4.69, 9.17) is 4.74 Å². The van der Waals surface area contributed by atoms with Gasteiger partial charge in [0.05, 0.1) is 12.6 Å². The number of hydrogen-bond donors (Lipinski definition) is 1. The van der Waals surface area contributed by atoms with E-state index in [1.165, 1.54) is 0 Å². The molecule has 2 rings (SSSR count). The van der Waals surface area contributed by atoms with Gasteiger partial charge in [-0.25, -0.2) is 0 Å². The lowest BCUT2D eigenvalue weighted by Crippen LogP contribution is -2.53. The fraction of sp³-hybridized carbons (Fsp3) is 0.917. The first-order valence-corrected chi connectivity index (χ1v) is 6.23. The standard InChI is InChI=1S/C12H21NO3/c1-12(6-4-8-16-12)11(15)13-7-3-2-5-10(13)9-14/h10,14H,2-9H2,1H3. The van der Waals surface area contributed by atoms with E-state index in [0.29, 0.717) is 6.61 Å². The van der Waals surface area contributed by atoms with Crippen LogP contribution in [0.4, 0.5) is 0 Å². The van der Waals surface area contributed by atoms with E-state index in [-0.39, 0.29) is 18.6 Å². The zero-order valence-corrected chi connectivity index (χ0v) is 9.95. The molecule has 2 saturated heterocycles. The van der Waals surface area contributed by atoms with Crippen molar-refractivity contribution in [2.45, 2.75) is 50.7 Å². The quantitative estimate of drug-likeness (QED) is 0.763. The van der Waals surface area contributed by atoms with Crippen LogP contribution in [0, 0.1) is 0 Å². The molecule has 2 unspecified atom stereocenters. The summed E-state index contributed by atoms with van der Waals surface area (Å²) in [6.07, 6.45) is 4.82. The van der Waals surface area contributed by atoms with Crippen molar-refractivity contribution in [1.29, 1.82) is 0 Å². The van der Waals surface area contributed by atoms with Crippen LogP contribution in [0.5, 0.6) is 0 Å². The second kappa shape index (κ2) is 4.72. The van der Waals surface area contributed by atoms with Crippen LogP contribution in [0.2, 0.25) is 0 Å². The number of amides is 1. The summed E-state index contributed by atoms with van der Waals surface area (Å²) in [5, 5.41) is 9.30. The molecule has 1 N–H and O–H groups in total. The van der Waals surface area contributed by atoms with E-state index in [9.17, 15) is 9.90 Å². The Morgan fingerprint density at radius 3 is 2.94 bits per heavy atom. The van der Waals surface area contributed by atoms with Crippen LogP contribution in [-0.4, -0.2) is 47.3 Å². The molecule has 0 aromatic carbocycles. The fourth-order valence-corrected chi connectivity index (χ4v) is 2.71. The lowest BCUT2D eigenvalue weighted by atomic mass is 9.96. The largest absolute Gasteiger partial charge is 0.394 e. The third-order valence-corrected chi connectivity index (χ3v) is 3.77. The Morgan fingerprint density at radius 2 is 2.31 bits per heavy atom. The van der Waals surface area contributed by atoms with Crippen molar-refractivity contribution in [3.63, 3.8) is 0 Å². The molecular formula is C12H21NO3. The number of rotatable bonds is 2. The summed E-state index contributed by atoms with van der Waals surface area (Å²) in [4.78, 5) is 14.2. The number of carbonyl (C=O) groups is 1. The van der Waals surface area contributed by atoms with Gasteiger partial charge < -0.3 is 14.7 Å². The van der Waals surface area contributed by atoms with Gasteiger partial charge in [0.1, 0.15) is 5.60 Å². The van der Waals surface area contributed by atoms with Crippen LogP contribution < -0.4 is 0 Å². The maximum atomic E-state index is 12.4. The van der Waals surface area contributed by atoms with Crippen molar-refractivity contribution in [3.05, 3.63) is 0 Å². The molecule has 92 valence electrons. The highest BCUT2D eigenvalue weighted by Gasteiger charge is 2.42. The maximum Gasteiger partial charge on any atom is 0.254 e. The molecule has 0 saturated carbocycles. The highest BCUT2D eigenvalue weighted by Crippen LogP contribution is 2.30. The first kappa shape index (κ1) is 11.9. The van der Waals surface area contributed by atoms with E-state index in [2.05, 4.69) is 0 Å². The predicted molar refractivity (Wildman–Crippen MR) is 60.0 cm³/mol. The van der Waals surface area contributed by atoms with Gasteiger partial charge in [0, 0.05) is 13.2 Å². The van der Waals surface area contributed by atoms with Crippen molar-refractivity contribution in [2.75, 3.05) is 19.8 Å². The summed E-state index contributed by atoms with van der Waals surface area (Å²) >= 11 is 0. The lowest BCUT2D eigenvalue weighted by Gasteiger charge is -2.39. The number of aliphatic hydroxyl groups is 1. The smallest absolute Gasteiger partial charge is 0.254 e. The molecule has 2 atom stereocenters. The summed E-state index contributed by atoms with van der Waals surface area (Å²) in [5.74, 6) is 0.0729. The van der Waals surface area contributed by atoms with Gasteiger partial charge in [0.15, 0.2) is 0 Å². The fourth-order valence-electron chi connectivity index (χ4n) is 2.71. The topological polar surface area (TPSA) is 49.8 Å². The molecule has 4 nitrogen and oxygen atoms in total. The van der Waals surface area contributed by atoms with Crippen LogP contribution in [0.15, 0.2) is 0 Å². The van der Waals surface area contributed by atoms with Crippen LogP contribution in [-0.2, 0) is 9.53 Å². The monoisotopic (exact) mass is 227 g/mol. The van der Waals surface area contributed by atoms with Gasteiger partial charge >= 0.3 is 0 Å². The second-order valence-electron chi connectivity index (χ2n) is 5.01. The van der Waals surface area contributed by atoms with E-state index >= 15 is 0 Å². The number of hydrogen-bond acceptors (Lipinski definition) is 3. The van der Waals surface area contributed by atoms with Gasteiger partial charge in [0.25, 0.3) is 5.91 Å². The molecule has 2 heterocycles.